The molecule has 27 heavy (non-hydrogen) atoms. The van der Waals surface area contributed by atoms with Crippen LogP contribution in [0, 0.1) is 30.1 Å². The highest BCUT2D eigenvalue weighted by Crippen LogP contribution is 2.55. The third kappa shape index (κ3) is 4.10. The first-order chi connectivity index (χ1) is 13.0. The number of terminal acetylenes is 1. The normalized spacial score (nSPS) is 30.4. The van der Waals surface area contributed by atoms with E-state index in [0.717, 1.165) is 42.6 Å². The van der Waals surface area contributed by atoms with Gasteiger partial charge in [-0.2, -0.15) is 0 Å². The summed E-state index contributed by atoms with van der Waals surface area (Å²) in [5, 5.41) is 8.92. The molecule has 0 unspecified atom stereocenters. The molecule has 5 nitrogen and oxygen atoms in total. The van der Waals surface area contributed by atoms with Gasteiger partial charge in [0.25, 0.3) is 0 Å². The first-order valence-electron chi connectivity index (χ1n) is 9.96. The Morgan fingerprint density at radius 2 is 1.78 bits per heavy atom. The maximum absolute atomic E-state index is 12.4. The number of carbonyl (C=O) groups excluding carboxylic acids is 2. The lowest BCUT2D eigenvalue weighted by Crippen LogP contribution is -2.61. The highest BCUT2D eigenvalue weighted by atomic mass is 16.2. The van der Waals surface area contributed by atoms with Crippen molar-refractivity contribution in [3.8, 4) is 12.3 Å². The zero-order chi connectivity index (χ0) is 18.9. The molecule has 4 aliphatic carbocycles. The molecular formula is C22H27N3O2. The molecule has 0 saturated heterocycles. The summed E-state index contributed by atoms with van der Waals surface area (Å²) in [5.74, 6) is 4.78. The number of nitrogens with one attached hydrogen (secondary N) is 3. The lowest BCUT2D eigenvalue weighted by molar-refractivity contribution is -0.116. The predicted molar refractivity (Wildman–Crippen MR) is 105 cm³/mol. The molecule has 4 saturated carbocycles. The summed E-state index contributed by atoms with van der Waals surface area (Å²) in [6.07, 6.45) is 13.0. The van der Waals surface area contributed by atoms with Crippen molar-refractivity contribution in [3.63, 3.8) is 0 Å². The third-order valence-electron chi connectivity index (χ3n) is 6.37. The Hall–Kier alpha value is -2.48. The van der Waals surface area contributed by atoms with Gasteiger partial charge in [-0.1, -0.05) is 12.0 Å². The quantitative estimate of drug-likeness (QED) is 0.701. The fourth-order valence-corrected chi connectivity index (χ4v) is 5.75. The van der Waals surface area contributed by atoms with Crippen LogP contribution in [0.5, 0.6) is 0 Å². The number of amides is 3. The van der Waals surface area contributed by atoms with E-state index < -0.39 is 0 Å². The van der Waals surface area contributed by atoms with Gasteiger partial charge in [-0.15, -0.1) is 6.42 Å². The van der Waals surface area contributed by atoms with E-state index in [1.807, 2.05) is 12.1 Å². The Balaban J connectivity index is 1.22. The minimum absolute atomic E-state index is 0.00322. The van der Waals surface area contributed by atoms with E-state index >= 15 is 0 Å². The van der Waals surface area contributed by atoms with E-state index in [9.17, 15) is 9.59 Å². The highest BCUT2D eigenvalue weighted by Gasteiger charge is 2.51. The molecule has 3 N–H and O–H groups in total. The van der Waals surface area contributed by atoms with Gasteiger partial charge in [-0.05, 0) is 74.5 Å². The molecule has 1 aromatic carbocycles. The summed E-state index contributed by atoms with van der Waals surface area (Å²) >= 11 is 0. The smallest absolute Gasteiger partial charge is 0.315 e. The molecule has 1 aromatic rings. The van der Waals surface area contributed by atoms with Crippen LogP contribution in [-0.2, 0) is 4.79 Å². The number of hydrogen-bond donors (Lipinski definition) is 3. The summed E-state index contributed by atoms with van der Waals surface area (Å²) in [5.41, 5.74) is 1.39. The van der Waals surface area contributed by atoms with Crippen LogP contribution in [0.4, 0.5) is 10.5 Å². The van der Waals surface area contributed by atoms with E-state index in [1.165, 1.54) is 19.3 Å². The van der Waals surface area contributed by atoms with Crippen LogP contribution < -0.4 is 16.0 Å². The molecule has 4 aliphatic rings. The molecule has 5 heteroatoms. The second kappa shape index (κ2) is 7.26. The van der Waals surface area contributed by atoms with Crippen molar-refractivity contribution in [2.45, 2.75) is 50.5 Å². The van der Waals surface area contributed by atoms with Gasteiger partial charge in [0, 0.05) is 29.8 Å². The number of rotatable bonds is 5. The lowest BCUT2D eigenvalue weighted by Gasteiger charge is -2.56. The van der Waals surface area contributed by atoms with Crippen molar-refractivity contribution in [1.29, 1.82) is 0 Å². The monoisotopic (exact) mass is 365 g/mol. The van der Waals surface area contributed by atoms with Crippen molar-refractivity contribution in [3.05, 3.63) is 29.8 Å². The molecule has 0 aromatic heterocycles. The molecule has 4 bridgehead atoms. The number of carbonyl (C=O) groups is 2. The molecule has 0 heterocycles. The van der Waals surface area contributed by atoms with Gasteiger partial charge >= 0.3 is 6.03 Å². The van der Waals surface area contributed by atoms with E-state index in [4.69, 9.17) is 6.42 Å². The standard InChI is InChI=1S/C22H27N3O2/c1-2-15-4-3-5-19(11-15)24-20(26)6-7-23-21(27)25-22-12-16-8-17(13-22)10-18(9-16)14-22/h1,3-5,11,16-18H,6-10,12-14H2,(H,24,26)(H2,23,25,27). The fourth-order valence-electron chi connectivity index (χ4n) is 5.75. The Morgan fingerprint density at radius 3 is 2.41 bits per heavy atom. The van der Waals surface area contributed by atoms with Crippen LogP contribution in [-0.4, -0.2) is 24.0 Å². The lowest BCUT2D eigenvalue weighted by atomic mass is 9.53. The number of anilines is 1. The van der Waals surface area contributed by atoms with Gasteiger partial charge in [-0.25, -0.2) is 4.79 Å². The van der Waals surface area contributed by atoms with Crippen LogP contribution >= 0.6 is 0 Å². The van der Waals surface area contributed by atoms with Crippen LogP contribution in [0.15, 0.2) is 24.3 Å². The van der Waals surface area contributed by atoms with Crippen molar-refractivity contribution in [2.75, 3.05) is 11.9 Å². The largest absolute Gasteiger partial charge is 0.338 e. The SMILES string of the molecule is C#Cc1cccc(NC(=O)CCNC(=O)NC23CC4CC(CC(C4)C2)C3)c1. The third-order valence-corrected chi connectivity index (χ3v) is 6.37. The topological polar surface area (TPSA) is 70.2 Å². The van der Waals surface area contributed by atoms with Crippen molar-refractivity contribution in [1.82, 2.24) is 10.6 Å². The van der Waals surface area contributed by atoms with E-state index in [-0.39, 0.29) is 23.9 Å². The molecule has 3 amide bonds. The number of hydrogen-bond acceptors (Lipinski definition) is 2. The van der Waals surface area contributed by atoms with Crippen LogP contribution in [0.3, 0.4) is 0 Å². The van der Waals surface area contributed by atoms with Crippen LogP contribution in [0.1, 0.15) is 50.5 Å². The molecule has 4 fully saturated rings. The van der Waals surface area contributed by atoms with Gasteiger partial charge in [0.1, 0.15) is 0 Å². The summed E-state index contributed by atoms with van der Waals surface area (Å²) in [7, 11) is 0. The predicted octanol–water partition coefficient (Wildman–Crippen LogP) is 3.26. The van der Waals surface area contributed by atoms with E-state index in [1.54, 1.807) is 12.1 Å². The summed E-state index contributed by atoms with van der Waals surface area (Å²) in [6, 6.07) is 7.03. The van der Waals surface area contributed by atoms with Gasteiger partial charge in [0.2, 0.25) is 5.91 Å². The number of benzene rings is 1. The second-order valence-corrected chi connectivity index (χ2v) is 8.60. The minimum atomic E-state index is -0.140. The minimum Gasteiger partial charge on any atom is -0.338 e. The Kier molecular flexibility index (Phi) is 4.82. The van der Waals surface area contributed by atoms with Gasteiger partial charge in [0.15, 0.2) is 0 Å². The average molecular weight is 365 g/mol. The van der Waals surface area contributed by atoms with Crippen LogP contribution in [0.25, 0.3) is 0 Å². The molecule has 5 rings (SSSR count). The maximum Gasteiger partial charge on any atom is 0.315 e. The van der Waals surface area contributed by atoms with Crippen molar-refractivity contribution >= 4 is 17.6 Å². The Bertz CT molecular complexity index is 745. The molecule has 0 atom stereocenters. The first kappa shape index (κ1) is 17.9. The van der Waals surface area contributed by atoms with Crippen molar-refractivity contribution in [2.24, 2.45) is 17.8 Å². The van der Waals surface area contributed by atoms with Gasteiger partial charge in [-0.3, -0.25) is 4.79 Å². The Labute approximate surface area is 160 Å². The molecule has 0 aliphatic heterocycles. The molecule has 142 valence electrons. The molecular weight excluding hydrogens is 338 g/mol. The molecule has 0 spiro atoms. The average Bonchev–Trinajstić information content (AvgIpc) is 2.60. The van der Waals surface area contributed by atoms with Gasteiger partial charge in [0.05, 0.1) is 0 Å². The van der Waals surface area contributed by atoms with E-state index in [2.05, 4.69) is 21.9 Å². The Morgan fingerprint density at radius 1 is 1.11 bits per heavy atom. The first-order valence-corrected chi connectivity index (χ1v) is 9.96. The van der Waals surface area contributed by atoms with Gasteiger partial charge < -0.3 is 16.0 Å². The summed E-state index contributed by atoms with van der Waals surface area (Å²) in [6.45, 7) is 0.318. The zero-order valence-electron chi connectivity index (χ0n) is 15.6. The molecule has 0 radical (unpaired) electrons. The van der Waals surface area contributed by atoms with Crippen molar-refractivity contribution < 1.29 is 9.59 Å². The van der Waals surface area contributed by atoms with E-state index in [0.29, 0.717) is 12.2 Å². The fraction of sp³-hybridized carbons (Fsp3) is 0.545. The highest BCUT2D eigenvalue weighted by molar-refractivity contribution is 5.91. The summed E-state index contributed by atoms with van der Waals surface area (Å²) in [4.78, 5) is 24.4. The summed E-state index contributed by atoms with van der Waals surface area (Å²) < 4.78 is 0. The maximum atomic E-state index is 12.4. The second-order valence-electron chi connectivity index (χ2n) is 8.60. The zero-order valence-corrected chi connectivity index (χ0v) is 15.6. The van der Waals surface area contributed by atoms with Crippen LogP contribution in [0.2, 0.25) is 0 Å². The number of urea groups is 1.